The number of aryl methyl sites for hydroxylation is 1. The number of rotatable bonds is 2. The zero-order valence-electron chi connectivity index (χ0n) is 9.08. The zero-order chi connectivity index (χ0) is 12.4. The molecule has 0 spiro atoms. The highest BCUT2D eigenvalue weighted by Crippen LogP contribution is 2.27. The number of nitrogen functional groups attached to an aromatic ring is 1. The van der Waals surface area contributed by atoms with Crippen molar-refractivity contribution < 1.29 is 4.74 Å². The molecule has 1 aromatic carbocycles. The van der Waals surface area contributed by atoms with Gasteiger partial charge in [0.05, 0.1) is 5.69 Å². The largest absolute Gasteiger partial charge is 0.439 e. The molecule has 3 nitrogen and oxygen atoms in total. The van der Waals surface area contributed by atoms with Crippen LogP contribution in [0.5, 0.6) is 11.6 Å². The fourth-order valence-corrected chi connectivity index (χ4v) is 2.05. The van der Waals surface area contributed by atoms with Gasteiger partial charge in [0.1, 0.15) is 5.75 Å². The fraction of sp³-hybridized carbons (Fsp3) is 0.0833. The summed E-state index contributed by atoms with van der Waals surface area (Å²) in [4.78, 5) is 4.30. The van der Waals surface area contributed by atoms with Crippen LogP contribution in [0.2, 0.25) is 0 Å². The van der Waals surface area contributed by atoms with Gasteiger partial charge in [0.2, 0.25) is 5.88 Å². The first kappa shape index (κ1) is 12.4. The lowest BCUT2D eigenvalue weighted by atomic mass is 10.3. The van der Waals surface area contributed by atoms with Crippen molar-refractivity contribution in [1.29, 1.82) is 0 Å². The Labute approximate surface area is 116 Å². The molecule has 2 N–H and O–H groups in total. The van der Waals surface area contributed by atoms with E-state index in [1.165, 1.54) is 0 Å². The lowest BCUT2D eigenvalue weighted by Gasteiger charge is -2.07. The van der Waals surface area contributed by atoms with Gasteiger partial charge in [-0.15, -0.1) is 0 Å². The molecule has 0 aliphatic rings. The van der Waals surface area contributed by atoms with E-state index in [4.69, 9.17) is 10.5 Å². The predicted octanol–water partition coefficient (Wildman–Crippen LogP) is 4.29. The topological polar surface area (TPSA) is 48.1 Å². The highest BCUT2D eigenvalue weighted by atomic mass is 79.9. The van der Waals surface area contributed by atoms with Crippen LogP contribution in [0.15, 0.2) is 39.3 Å². The average molecular weight is 358 g/mol. The lowest BCUT2D eigenvalue weighted by Crippen LogP contribution is -1.92. The number of ether oxygens (including phenoxy) is 1. The second kappa shape index (κ2) is 5.06. The number of nitrogens with two attached hydrogens (primary N) is 1. The van der Waals surface area contributed by atoms with Crippen LogP contribution < -0.4 is 10.5 Å². The normalized spacial score (nSPS) is 10.3. The molecule has 0 atom stereocenters. The third-order valence-electron chi connectivity index (χ3n) is 2.11. The van der Waals surface area contributed by atoms with Gasteiger partial charge in [0.25, 0.3) is 0 Å². The van der Waals surface area contributed by atoms with Crippen LogP contribution in [-0.4, -0.2) is 4.98 Å². The molecule has 0 radical (unpaired) electrons. The third kappa shape index (κ3) is 3.20. The Kier molecular flexibility index (Phi) is 3.69. The Morgan fingerprint density at radius 3 is 2.59 bits per heavy atom. The van der Waals surface area contributed by atoms with E-state index in [0.717, 1.165) is 14.6 Å². The summed E-state index contributed by atoms with van der Waals surface area (Å²) in [6.45, 7) is 1.91. The summed E-state index contributed by atoms with van der Waals surface area (Å²) < 4.78 is 7.47. The smallest absolute Gasteiger partial charge is 0.219 e. The molecule has 17 heavy (non-hydrogen) atoms. The number of halogens is 2. The van der Waals surface area contributed by atoms with Gasteiger partial charge in [-0.3, -0.25) is 0 Å². The average Bonchev–Trinajstić information content (AvgIpc) is 2.22. The Hall–Kier alpha value is -1.07. The van der Waals surface area contributed by atoms with Gasteiger partial charge in [-0.2, -0.15) is 0 Å². The standard InChI is InChI=1S/C12H10Br2N2O/c1-7-11(14)2-3-12(16-7)17-10-5-8(13)4-9(15)6-10/h2-6H,15H2,1H3. The van der Waals surface area contributed by atoms with E-state index in [1.807, 2.05) is 25.1 Å². The van der Waals surface area contributed by atoms with Crippen LogP contribution in [-0.2, 0) is 0 Å². The summed E-state index contributed by atoms with van der Waals surface area (Å²) in [6.07, 6.45) is 0. The molecule has 0 unspecified atom stereocenters. The van der Waals surface area contributed by atoms with Gasteiger partial charge in [0, 0.05) is 26.8 Å². The van der Waals surface area contributed by atoms with Crippen LogP contribution in [0.3, 0.4) is 0 Å². The Balaban J connectivity index is 2.28. The minimum absolute atomic E-state index is 0.545. The number of anilines is 1. The number of pyridine rings is 1. The van der Waals surface area contributed by atoms with Crippen LogP contribution in [0, 0.1) is 6.92 Å². The molecule has 0 saturated heterocycles. The molecule has 0 saturated carbocycles. The van der Waals surface area contributed by atoms with E-state index in [-0.39, 0.29) is 0 Å². The van der Waals surface area contributed by atoms with Crippen LogP contribution in [0.25, 0.3) is 0 Å². The maximum Gasteiger partial charge on any atom is 0.219 e. The number of nitrogens with zero attached hydrogens (tertiary/aromatic N) is 1. The van der Waals surface area contributed by atoms with E-state index >= 15 is 0 Å². The van der Waals surface area contributed by atoms with E-state index < -0.39 is 0 Å². The zero-order valence-corrected chi connectivity index (χ0v) is 12.2. The van der Waals surface area contributed by atoms with Gasteiger partial charge in [-0.05, 0) is 41.1 Å². The molecule has 0 aliphatic heterocycles. The highest BCUT2D eigenvalue weighted by molar-refractivity contribution is 9.10. The second-order valence-electron chi connectivity index (χ2n) is 3.54. The molecule has 0 bridgehead atoms. The Morgan fingerprint density at radius 2 is 1.94 bits per heavy atom. The molecular weight excluding hydrogens is 348 g/mol. The number of aromatic nitrogens is 1. The van der Waals surface area contributed by atoms with E-state index in [2.05, 4.69) is 36.8 Å². The molecule has 0 amide bonds. The summed E-state index contributed by atoms with van der Waals surface area (Å²) in [7, 11) is 0. The summed E-state index contributed by atoms with van der Waals surface area (Å²) in [5, 5.41) is 0. The van der Waals surface area contributed by atoms with Crippen molar-refractivity contribution >= 4 is 37.5 Å². The van der Waals surface area contributed by atoms with Gasteiger partial charge in [-0.1, -0.05) is 15.9 Å². The number of hydrogen-bond acceptors (Lipinski definition) is 3. The van der Waals surface area contributed by atoms with Crippen molar-refractivity contribution in [1.82, 2.24) is 4.98 Å². The lowest BCUT2D eigenvalue weighted by molar-refractivity contribution is 0.461. The first-order valence-electron chi connectivity index (χ1n) is 4.91. The van der Waals surface area contributed by atoms with Crippen molar-refractivity contribution in [3.8, 4) is 11.6 Å². The third-order valence-corrected chi connectivity index (χ3v) is 3.41. The maximum atomic E-state index is 5.73. The summed E-state index contributed by atoms with van der Waals surface area (Å²) >= 11 is 6.76. The fourth-order valence-electron chi connectivity index (χ4n) is 1.34. The quantitative estimate of drug-likeness (QED) is 0.815. The van der Waals surface area contributed by atoms with E-state index in [0.29, 0.717) is 17.3 Å². The predicted molar refractivity (Wildman–Crippen MR) is 75.3 cm³/mol. The summed E-state index contributed by atoms with van der Waals surface area (Å²) in [5.41, 5.74) is 7.25. The van der Waals surface area contributed by atoms with Crippen molar-refractivity contribution in [2.24, 2.45) is 0 Å². The Morgan fingerprint density at radius 1 is 1.18 bits per heavy atom. The monoisotopic (exact) mass is 356 g/mol. The minimum Gasteiger partial charge on any atom is -0.439 e. The summed E-state index contributed by atoms with van der Waals surface area (Å²) in [6, 6.07) is 9.11. The van der Waals surface area contributed by atoms with Crippen LogP contribution in [0.1, 0.15) is 5.69 Å². The van der Waals surface area contributed by atoms with Crippen molar-refractivity contribution in [3.63, 3.8) is 0 Å². The molecular formula is C12H10Br2N2O. The SMILES string of the molecule is Cc1nc(Oc2cc(N)cc(Br)c2)ccc1Br. The first-order valence-corrected chi connectivity index (χ1v) is 6.50. The maximum absolute atomic E-state index is 5.73. The van der Waals surface area contributed by atoms with Crippen LogP contribution in [0.4, 0.5) is 5.69 Å². The summed E-state index contributed by atoms with van der Waals surface area (Å²) in [5.74, 6) is 1.20. The molecule has 0 aliphatic carbocycles. The molecule has 2 rings (SSSR count). The van der Waals surface area contributed by atoms with E-state index in [1.54, 1.807) is 12.1 Å². The molecule has 0 fully saturated rings. The van der Waals surface area contributed by atoms with E-state index in [9.17, 15) is 0 Å². The molecule has 2 aromatic rings. The van der Waals surface area contributed by atoms with Crippen molar-refractivity contribution in [2.45, 2.75) is 6.92 Å². The van der Waals surface area contributed by atoms with Crippen molar-refractivity contribution in [3.05, 3.63) is 45.0 Å². The molecule has 1 aromatic heterocycles. The van der Waals surface area contributed by atoms with Crippen LogP contribution >= 0.6 is 31.9 Å². The highest BCUT2D eigenvalue weighted by Gasteiger charge is 2.03. The second-order valence-corrected chi connectivity index (χ2v) is 5.31. The number of benzene rings is 1. The molecule has 1 heterocycles. The van der Waals surface area contributed by atoms with Gasteiger partial charge in [0.15, 0.2) is 0 Å². The minimum atomic E-state index is 0.545. The van der Waals surface area contributed by atoms with Gasteiger partial charge < -0.3 is 10.5 Å². The van der Waals surface area contributed by atoms with Gasteiger partial charge in [-0.25, -0.2) is 4.98 Å². The first-order chi connectivity index (χ1) is 8.04. The Bertz CT molecular complexity index is 538. The number of hydrogen-bond donors (Lipinski definition) is 1. The van der Waals surface area contributed by atoms with Crippen molar-refractivity contribution in [2.75, 3.05) is 5.73 Å². The molecule has 5 heteroatoms. The van der Waals surface area contributed by atoms with Gasteiger partial charge >= 0.3 is 0 Å². The molecule has 88 valence electrons.